The van der Waals surface area contributed by atoms with Gasteiger partial charge in [-0.15, -0.1) is 0 Å². The molecule has 3 aromatic rings. The number of para-hydroxylation sites is 2. The summed E-state index contributed by atoms with van der Waals surface area (Å²) in [5.41, 5.74) is 3.27. The summed E-state index contributed by atoms with van der Waals surface area (Å²) < 4.78 is 5.71. The van der Waals surface area contributed by atoms with Crippen LogP contribution in [0.3, 0.4) is 0 Å². The molecule has 1 amide bonds. The maximum Gasteiger partial charge on any atom is 0.223 e. The minimum atomic E-state index is 0.0684. The van der Waals surface area contributed by atoms with Crippen LogP contribution in [0.2, 0.25) is 0 Å². The topological polar surface area (TPSA) is 58.2 Å². The number of imidazole rings is 1. The number of ether oxygens (including phenoxy) is 1. The average Bonchev–Trinajstić information content (AvgIpc) is 3.37. The fourth-order valence-corrected chi connectivity index (χ4v) is 3.89. The Balaban J connectivity index is 1.23. The van der Waals surface area contributed by atoms with Crippen molar-refractivity contribution in [2.24, 2.45) is 0 Å². The number of aromatic nitrogens is 2. The largest absolute Gasteiger partial charge is 0.381 e. The van der Waals surface area contributed by atoms with Crippen LogP contribution in [0.15, 0.2) is 54.6 Å². The number of carbonyl (C=O) groups is 1. The number of aromatic amines is 1. The van der Waals surface area contributed by atoms with Crippen LogP contribution in [0.5, 0.6) is 0 Å². The summed E-state index contributed by atoms with van der Waals surface area (Å²) in [7, 11) is 0. The van der Waals surface area contributed by atoms with E-state index < -0.39 is 0 Å². The summed E-state index contributed by atoms with van der Waals surface area (Å²) >= 11 is 0. The highest BCUT2D eigenvalue weighted by molar-refractivity contribution is 5.78. The van der Waals surface area contributed by atoms with Crippen LogP contribution < -0.4 is 0 Å². The number of likely N-dealkylation sites (tertiary alicyclic amines) is 1. The number of nitrogens with zero attached hydrogens (tertiary/aromatic N) is 2. The predicted octanol–water partition coefficient (Wildman–Crippen LogP) is 4.27. The average molecular weight is 377 g/mol. The van der Waals surface area contributed by atoms with Gasteiger partial charge in [-0.1, -0.05) is 42.5 Å². The normalized spacial score (nSPS) is 16.7. The number of hydrogen-bond acceptors (Lipinski definition) is 3. The van der Waals surface area contributed by atoms with Crippen LogP contribution in [0.1, 0.15) is 43.1 Å². The molecule has 5 nitrogen and oxygen atoms in total. The van der Waals surface area contributed by atoms with E-state index in [0.29, 0.717) is 19.6 Å². The Bertz CT molecular complexity index is 873. The summed E-state index contributed by atoms with van der Waals surface area (Å²) in [5.74, 6) is 1.11. The molecule has 4 rings (SSSR count). The van der Waals surface area contributed by atoms with E-state index in [9.17, 15) is 4.79 Å². The third-order valence-electron chi connectivity index (χ3n) is 5.35. The fraction of sp³-hybridized carbons (Fsp3) is 0.391. The van der Waals surface area contributed by atoms with E-state index in [1.165, 1.54) is 5.56 Å². The zero-order valence-electron chi connectivity index (χ0n) is 16.1. The van der Waals surface area contributed by atoms with E-state index in [0.717, 1.165) is 49.1 Å². The van der Waals surface area contributed by atoms with Crippen LogP contribution in [0.4, 0.5) is 0 Å². The van der Waals surface area contributed by atoms with Gasteiger partial charge >= 0.3 is 0 Å². The van der Waals surface area contributed by atoms with Gasteiger partial charge in [-0.25, -0.2) is 4.98 Å². The molecule has 2 aromatic carbocycles. The highest BCUT2D eigenvalue weighted by Gasteiger charge is 2.31. The van der Waals surface area contributed by atoms with E-state index in [2.05, 4.69) is 17.1 Å². The third kappa shape index (κ3) is 4.42. The van der Waals surface area contributed by atoms with E-state index in [4.69, 9.17) is 9.72 Å². The highest BCUT2D eigenvalue weighted by atomic mass is 16.5. The smallest absolute Gasteiger partial charge is 0.223 e. The van der Waals surface area contributed by atoms with Crippen molar-refractivity contribution in [3.05, 3.63) is 66.0 Å². The Morgan fingerprint density at radius 2 is 1.93 bits per heavy atom. The summed E-state index contributed by atoms with van der Waals surface area (Å²) in [5, 5.41) is 0. The van der Waals surface area contributed by atoms with Crippen molar-refractivity contribution in [1.29, 1.82) is 0 Å². The van der Waals surface area contributed by atoms with Crippen LogP contribution in [0.25, 0.3) is 11.0 Å². The second-order valence-corrected chi connectivity index (χ2v) is 7.34. The van der Waals surface area contributed by atoms with Crippen molar-refractivity contribution >= 4 is 16.9 Å². The SMILES string of the molecule is O=C(CCCOCCc1ccccc1)N1CCCC1c1nc2ccccc2[nH]1. The number of hydrogen-bond donors (Lipinski definition) is 1. The van der Waals surface area contributed by atoms with Crippen molar-refractivity contribution in [2.75, 3.05) is 19.8 Å². The molecule has 1 saturated heterocycles. The molecule has 0 radical (unpaired) electrons. The van der Waals surface area contributed by atoms with Gasteiger partial charge in [0.15, 0.2) is 0 Å². The van der Waals surface area contributed by atoms with Gasteiger partial charge in [0.25, 0.3) is 0 Å². The van der Waals surface area contributed by atoms with Crippen LogP contribution in [-0.4, -0.2) is 40.5 Å². The number of fused-ring (bicyclic) bond motifs is 1. The lowest BCUT2D eigenvalue weighted by molar-refractivity contribution is -0.132. The van der Waals surface area contributed by atoms with Crippen LogP contribution in [-0.2, 0) is 16.0 Å². The predicted molar refractivity (Wildman–Crippen MR) is 110 cm³/mol. The summed E-state index contributed by atoms with van der Waals surface area (Å²) in [6, 6.07) is 18.4. The van der Waals surface area contributed by atoms with Gasteiger partial charge in [-0.05, 0) is 43.4 Å². The molecular weight excluding hydrogens is 350 g/mol. The Hall–Kier alpha value is -2.66. The molecule has 1 N–H and O–H groups in total. The first kappa shape index (κ1) is 18.7. The Kier molecular flexibility index (Phi) is 6.02. The van der Waals surface area contributed by atoms with Crippen molar-refractivity contribution < 1.29 is 9.53 Å². The fourth-order valence-electron chi connectivity index (χ4n) is 3.89. The molecule has 1 atom stereocenters. The molecule has 0 spiro atoms. The maximum absolute atomic E-state index is 12.7. The number of carbonyl (C=O) groups excluding carboxylic acids is 1. The molecule has 1 aromatic heterocycles. The lowest BCUT2D eigenvalue weighted by atomic mass is 10.2. The van der Waals surface area contributed by atoms with Gasteiger partial charge in [0.1, 0.15) is 5.82 Å². The number of rotatable bonds is 8. The number of H-pyrrole nitrogens is 1. The standard InChI is InChI=1S/C23H27N3O2/c27-22(13-7-16-28-17-14-18-8-2-1-3-9-18)26-15-6-12-21(26)23-24-19-10-4-5-11-20(19)25-23/h1-5,8-11,21H,6-7,12-17H2,(H,24,25). The van der Waals surface area contributed by atoms with E-state index in [-0.39, 0.29) is 11.9 Å². The summed E-state index contributed by atoms with van der Waals surface area (Å²) in [4.78, 5) is 22.8. The van der Waals surface area contributed by atoms with E-state index >= 15 is 0 Å². The molecule has 28 heavy (non-hydrogen) atoms. The zero-order chi connectivity index (χ0) is 19.2. The first-order valence-corrected chi connectivity index (χ1v) is 10.2. The second kappa shape index (κ2) is 9.02. The molecule has 1 aliphatic heterocycles. The Morgan fingerprint density at radius 3 is 2.79 bits per heavy atom. The molecule has 1 fully saturated rings. The third-order valence-corrected chi connectivity index (χ3v) is 5.35. The Morgan fingerprint density at radius 1 is 1.11 bits per heavy atom. The first-order chi connectivity index (χ1) is 13.8. The lowest BCUT2D eigenvalue weighted by Crippen LogP contribution is -2.31. The molecule has 146 valence electrons. The molecule has 0 bridgehead atoms. The van der Waals surface area contributed by atoms with E-state index in [1.807, 2.05) is 47.4 Å². The van der Waals surface area contributed by atoms with Gasteiger partial charge in [-0.3, -0.25) is 4.79 Å². The first-order valence-electron chi connectivity index (χ1n) is 10.2. The number of benzene rings is 2. The van der Waals surface area contributed by atoms with Crippen LogP contribution in [0, 0.1) is 0 Å². The van der Waals surface area contributed by atoms with Crippen molar-refractivity contribution in [3.63, 3.8) is 0 Å². The number of amides is 1. The minimum Gasteiger partial charge on any atom is -0.381 e. The number of nitrogens with one attached hydrogen (secondary N) is 1. The van der Waals surface area contributed by atoms with Gasteiger partial charge in [0.05, 0.1) is 23.7 Å². The highest BCUT2D eigenvalue weighted by Crippen LogP contribution is 2.32. The molecule has 5 heteroatoms. The van der Waals surface area contributed by atoms with Crippen molar-refractivity contribution in [1.82, 2.24) is 14.9 Å². The Labute approximate surface area is 165 Å². The van der Waals surface area contributed by atoms with Gasteiger partial charge in [0, 0.05) is 19.6 Å². The minimum absolute atomic E-state index is 0.0684. The quantitative estimate of drug-likeness (QED) is 0.597. The summed E-state index contributed by atoms with van der Waals surface area (Å²) in [6.45, 7) is 2.14. The van der Waals surface area contributed by atoms with Gasteiger partial charge < -0.3 is 14.6 Å². The van der Waals surface area contributed by atoms with E-state index in [1.54, 1.807) is 0 Å². The zero-order valence-corrected chi connectivity index (χ0v) is 16.1. The van der Waals surface area contributed by atoms with Gasteiger partial charge in [0.2, 0.25) is 5.91 Å². The summed E-state index contributed by atoms with van der Waals surface area (Å²) in [6.07, 6.45) is 4.20. The molecular formula is C23H27N3O2. The van der Waals surface area contributed by atoms with Crippen molar-refractivity contribution in [3.8, 4) is 0 Å². The molecule has 0 saturated carbocycles. The molecule has 2 heterocycles. The molecule has 1 aliphatic rings. The monoisotopic (exact) mass is 377 g/mol. The second-order valence-electron chi connectivity index (χ2n) is 7.34. The maximum atomic E-state index is 12.7. The lowest BCUT2D eigenvalue weighted by Gasteiger charge is -2.23. The molecule has 1 unspecified atom stereocenters. The van der Waals surface area contributed by atoms with Crippen molar-refractivity contribution in [2.45, 2.75) is 38.1 Å². The van der Waals surface area contributed by atoms with Gasteiger partial charge in [-0.2, -0.15) is 0 Å². The molecule has 0 aliphatic carbocycles. The van der Waals surface area contributed by atoms with Crippen LogP contribution >= 0.6 is 0 Å².